The van der Waals surface area contributed by atoms with Crippen LogP contribution in [0.2, 0.25) is 5.02 Å². The third-order valence-electron chi connectivity index (χ3n) is 5.25. The molecule has 2 fully saturated rings. The first-order valence-electron chi connectivity index (χ1n) is 7.74. The monoisotopic (exact) mass is 320 g/mol. The van der Waals surface area contributed by atoms with Crippen LogP contribution in [0.3, 0.4) is 0 Å². The van der Waals surface area contributed by atoms with E-state index in [2.05, 4.69) is 0 Å². The highest BCUT2D eigenvalue weighted by Crippen LogP contribution is 2.66. The maximum absolute atomic E-state index is 12.5. The molecular formula is C17H17ClO4. The fourth-order valence-corrected chi connectivity index (χ4v) is 4.52. The second-order valence-electron chi connectivity index (χ2n) is 6.41. The molecule has 5 heteroatoms. The Hall–Kier alpha value is -1.55. The normalized spacial score (nSPS) is 34.8. The predicted molar refractivity (Wildman–Crippen MR) is 80.1 cm³/mol. The minimum absolute atomic E-state index is 0.0545. The van der Waals surface area contributed by atoms with Gasteiger partial charge >= 0.3 is 5.97 Å². The maximum atomic E-state index is 12.5. The summed E-state index contributed by atoms with van der Waals surface area (Å²) in [6, 6.07) is 5.15. The number of esters is 1. The molecule has 2 saturated carbocycles. The van der Waals surface area contributed by atoms with Crippen LogP contribution < -0.4 is 4.74 Å². The van der Waals surface area contributed by atoms with E-state index >= 15 is 0 Å². The van der Waals surface area contributed by atoms with Crippen molar-refractivity contribution < 1.29 is 19.1 Å². The summed E-state index contributed by atoms with van der Waals surface area (Å²) in [5.74, 6) is 0.819. The standard InChI is InChI=1S/C17H17ClO4/c1-2-21-16(20)14-10-5-6-17(15(10)14)8-12(19)11-7-9(18)3-4-13(11)22-17/h3-4,7,10,14-15H,2,5-6,8H2,1H3/t10-,14+,15+,17-/m0/s1. The zero-order chi connectivity index (χ0) is 15.5. The van der Waals surface area contributed by atoms with Crippen LogP contribution in [0.4, 0.5) is 0 Å². The molecule has 0 bridgehead atoms. The van der Waals surface area contributed by atoms with Gasteiger partial charge in [-0.2, -0.15) is 0 Å². The van der Waals surface area contributed by atoms with Crippen LogP contribution in [0.5, 0.6) is 5.75 Å². The molecule has 3 aliphatic rings. The molecule has 0 unspecified atom stereocenters. The van der Waals surface area contributed by atoms with Gasteiger partial charge in [0.1, 0.15) is 11.4 Å². The van der Waals surface area contributed by atoms with E-state index < -0.39 is 5.60 Å². The van der Waals surface area contributed by atoms with Crippen molar-refractivity contribution >= 4 is 23.4 Å². The maximum Gasteiger partial charge on any atom is 0.309 e. The highest BCUT2D eigenvalue weighted by atomic mass is 35.5. The fraction of sp³-hybridized carbons (Fsp3) is 0.529. The number of ether oxygens (including phenoxy) is 2. The van der Waals surface area contributed by atoms with Gasteiger partial charge in [-0.25, -0.2) is 0 Å². The lowest BCUT2D eigenvalue weighted by atomic mass is 9.84. The Morgan fingerprint density at radius 1 is 1.50 bits per heavy atom. The molecule has 0 radical (unpaired) electrons. The van der Waals surface area contributed by atoms with Crippen LogP contribution in [0, 0.1) is 17.8 Å². The molecule has 1 aromatic carbocycles. The summed E-state index contributed by atoms with van der Waals surface area (Å²) >= 11 is 5.96. The largest absolute Gasteiger partial charge is 0.486 e. The van der Waals surface area contributed by atoms with Gasteiger partial charge in [0.15, 0.2) is 5.78 Å². The van der Waals surface area contributed by atoms with Gasteiger partial charge in [0.25, 0.3) is 0 Å². The Balaban J connectivity index is 1.63. The topological polar surface area (TPSA) is 52.6 Å². The van der Waals surface area contributed by atoms with E-state index in [0.717, 1.165) is 12.8 Å². The highest BCUT2D eigenvalue weighted by molar-refractivity contribution is 6.31. The van der Waals surface area contributed by atoms with Crippen molar-refractivity contribution in [2.24, 2.45) is 17.8 Å². The number of Topliss-reactive ketones (excluding diaryl/α,β-unsaturated/α-hetero) is 1. The van der Waals surface area contributed by atoms with Gasteiger partial charge in [-0.1, -0.05) is 11.6 Å². The molecule has 4 rings (SSSR count). The molecular weight excluding hydrogens is 304 g/mol. The minimum atomic E-state index is -0.528. The Labute approximate surface area is 133 Å². The van der Waals surface area contributed by atoms with Crippen molar-refractivity contribution in [1.29, 1.82) is 0 Å². The molecule has 0 amide bonds. The van der Waals surface area contributed by atoms with Gasteiger partial charge in [0.05, 0.1) is 24.5 Å². The van der Waals surface area contributed by atoms with Crippen molar-refractivity contribution in [2.75, 3.05) is 6.61 Å². The van der Waals surface area contributed by atoms with Crippen LogP contribution in [0.15, 0.2) is 18.2 Å². The summed E-state index contributed by atoms with van der Waals surface area (Å²) in [6.45, 7) is 2.20. The lowest BCUT2D eigenvalue weighted by Crippen LogP contribution is -2.43. The van der Waals surface area contributed by atoms with Gasteiger partial charge in [-0.3, -0.25) is 9.59 Å². The third kappa shape index (κ3) is 1.89. The second kappa shape index (κ2) is 4.72. The summed E-state index contributed by atoms with van der Waals surface area (Å²) in [7, 11) is 0. The lowest BCUT2D eigenvalue weighted by molar-refractivity contribution is -0.146. The van der Waals surface area contributed by atoms with E-state index in [0.29, 0.717) is 35.3 Å². The number of hydrogen-bond acceptors (Lipinski definition) is 4. The van der Waals surface area contributed by atoms with Crippen LogP contribution in [0.25, 0.3) is 0 Å². The Kier molecular flexibility index (Phi) is 3.02. The van der Waals surface area contributed by atoms with E-state index in [1.807, 2.05) is 6.92 Å². The van der Waals surface area contributed by atoms with Crippen molar-refractivity contribution in [3.63, 3.8) is 0 Å². The zero-order valence-electron chi connectivity index (χ0n) is 12.3. The molecule has 1 aliphatic heterocycles. The van der Waals surface area contributed by atoms with Crippen LogP contribution in [0.1, 0.15) is 36.5 Å². The van der Waals surface area contributed by atoms with Gasteiger partial charge in [-0.05, 0) is 43.9 Å². The smallest absolute Gasteiger partial charge is 0.309 e. The van der Waals surface area contributed by atoms with Crippen molar-refractivity contribution in [1.82, 2.24) is 0 Å². The molecule has 0 saturated heterocycles. The van der Waals surface area contributed by atoms with E-state index in [1.165, 1.54) is 0 Å². The minimum Gasteiger partial charge on any atom is -0.486 e. The molecule has 2 aliphatic carbocycles. The summed E-state index contributed by atoms with van der Waals surface area (Å²) < 4.78 is 11.4. The summed E-state index contributed by atoms with van der Waals surface area (Å²) in [6.07, 6.45) is 2.08. The van der Waals surface area contributed by atoms with Gasteiger partial charge in [0, 0.05) is 10.9 Å². The molecule has 116 valence electrons. The zero-order valence-corrected chi connectivity index (χ0v) is 13.1. The molecule has 4 atom stereocenters. The Bertz CT molecular complexity index is 671. The average Bonchev–Trinajstić information content (AvgIpc) is 3.13. The molecule has 0 N–H and O–H groups in total. The van der Waals surface area contributed by atoms with Crippen LogP contribution in [-0.2, 0) is 9.53 Å². The highest BCUT2D eigenvalue weighted by Gasteiger charge is 2.71. The number of hydrogen-bond donors (Lipinski definition) is 0. The fourth-order valence-electron chi connectivity index (χ4n) is 4.34. The quantitative estimate of drug-likeness (QED) is 0.785. The van der Waals surface area contributed by atoms with Crippen molar-refractivity contribution in [3.05, 3.63) is 28.8 Å². The molecule has 1 aromatic rings. The van der Waals surface area contributed by atoms with E-state index in [1.54, 1.807) is 18.2 Å². The number of benzene rings is 1. The number of rotatable bonds is 2. The predicted octanol–water partition coefficient (Wildman–Crippen LogP) is 3.26. The van der Waals surface area contributed by atoms with E-state index in [-0.39, 0.29) is 23.6 Å². The van der Waals surface area contributed by atoms with Gasteiger partial charge in [-0.15, -0.1) is 0 Å². The summed E-state index contributed by atoms with van der Waals surface area (Å²) in [4.78, 5) is 24.5. The van der Waals surface area contributed by atoms with Crippen molar-refractivity contribution in [3.8, 4) is 5.75 Å². The number of ketones is 1. The first kappa shape index (κ1) is 14.1. The van der Waals surface area contributed by atoms with E-state index in [9.17, 15) is 9.59 Å². The Morgan fingerprint density at radius 3 is 3.09 bits per heavy atom. The second-order valence-corrected chi connectivity index (χ2v) is 6.85. The van der Waals surface area contributed by atoms with Gasteiger partial charge in [0.2, 0.25) is 0 Å². The number of fused-ring (bicyclic) bond motifs is 3. The van der Waals surface area contributed by atoms with Crippen LogP contribution in [-0.4, -0.2) is 24.0 Å². The summed E-state index contributed by atoms with van der Waals surface area (Å²) in [5.41, 5.74) is 0.0231. The third-order valence-corrected chi connectivity index (χ3v) is 5.49. The number of carbonyl (C=O) groups is 2. The SMILES string of the molecule is CCOC(=O)[C@@H]1[C@@H]2CC[C@]3(CC(=O)c4cc(Cl)ccc4O3)[C@H]21. The summed E-state index contributed by atoms with van der Waals surface area (Å²) in [5, 5.41) is 0.534. The first-order chi connectivity index (χ1) is 10.6. The van der Waals surface area contributed by atoms with E-state index in [4.69, 9.17) is 21.1 Å². The molecule has 0 aromatic heterocycles. The first-order valence-corrected chi connectivity index (χ1v) is 8.12. The molecule has 1 heterocycles. The molecule has 4 nitrogen and oxygen atoms in total. The number of carbonyl (C=O) groups excluding carboxylic acids is 2. The lowest BCUT2D eigenvalue weighted by Gasteiger charge is -2.37. The molecule has 1 spiro atoms. The Morgan fingerprint density at radius 2 is 2.32 bits per heavy atom. The number of halogens is 1. The molecule has 22 heavy (non-hydrogen) atoms. The van der Waals surface area contributed by atoms with Crippen LogP contribution >= 0.6 is 11.6 Å². The van der Waals surface area contributed by atoms with Gasteiger partial charge < -0.3 is 9.47 Å². The average molecular weight is 321 g/mol. The van der Waals surface area contributed by atoms with Crippen molar-refractivity contribution in [2.45, 2.75) is 31.8 Å².